The monoisotopic (exact) mass is 239 g/mol. The highest BCUT2D eigenvalue weighted by molar-refractivity contribution is 5.79. The van der Waals surface area contributed by atoms with Gasteiger partial charge >= 0.3 is 5.97 Å². The Kier molecular flexibility index (Phi) is 4.73. The van der Waals surface area contributed by atoms with Gasteiger partial charge in [-0.3, -0.25) is 9.59 Å². The molecular formula is C13H21NO3. The third-order valence-electron chi connectivity index (χ3n) is 3.67. The number of carboxylic acids is 1. The van der Waals surface area contributed by atoms with Gasteiger partial charge in [-0.25, -0.2) is 0 Å². The zero-order valence-electron chi connectivity index (χ0n) is 10.4. The van der Waals surface area contributed by atoms with Crippen molar-refractivity contribution in [2.24, 2.45) is 0 Å². The van der Waals surface area contributed by atoms with Crippen LogP contribution in [0.4, 0.5) is 0 Å². The molecule has 0 bridgehead atoms. The highest BCUT2D eigenvalue weighted by atomic mass is 16.4. The van der Waals surface area contributed by atoms with Crippen LogP contribution in [0.15, 0.2) is 12.7 Å². The summed E-state index contributed by atoms with van der Waals surface area (Å²) in [5, 5.41) is 9.03. The minimum atomic E-state index is -0.829. The summed E-state index contributed by atoms with van der Waals surface area (Å²) in [5.74, 6) is -0.867. The van der Waals surface area contributed by atoms with Crippen molar-refractivity contribution in [1.29, 1.82) is 0 Å². The number of aliphatic carboxylic acids is 1. The number of carboxylic acid groups (broad SMARTS) is 1. The Balaban J connectivity index is 2.84. The molecule has 1 rings (SSSR count). The summed E-state index contributed by atoms with van der Waals surface area (Å²) in [6.07, 6.45) is 6.60. The normalized spacial score (nSPS) is 18.4. The number of rotatable bonds is 5. The largest absolute Gasteiger partial charge is 0.481 e. The summed E-state index contributed by atoms with van der Waals surface area (Å²) in [5.41, 5.74) is -0.482. The smallest absolute Gasteiger partial charge is 0.305 e. The maximum Gasteiger partial charge on any atom is 0.305 e. The summed E-state index contributed by atoms with van der Waals surface area (Å²) >= 11 is 0. The van der Waals surface area contributed by atoms with E-state index in [1.807, 2.05) is 0 Å². The standard InChI is InChI=1S/C13H21NO3/c1-3-7-11(15)14(2)13(10-12(16)17)8-5-4-6-9-13/h3H,1,4-10H2,2H3,(H,16,17). The number of carbonyl (C=O) groups is 2. The third kappa shape index (κ3) is 3.32. The van der Waals surface area contributed by atoms with Crippen LogP contribution < -0.4 is 0 Å². The van der Waals surface area contributed by atoms with Gasteiger partial charge in [0.25, 0.3) is 0 Å². The van der Waals surface area contributed by atoms with Crippen LogP contribution in [-0.4, -0.2) is 34.5 Å². The van der Waals surface area contributed by atoms with E-state index in [2.05, 4.69) is 6.58 Å². The van der Waals surface area contributed by atoms with Gasteiger partial charge in [0, 0.05) is 13.5 Å². The van der Waals surface area contributed by atoms with E-state index in [1.54, 1.807) is 18.0 Å². The molecule has 1 aliphatic carbocycles. The quantitative estimate of drug-likeness (QED) is 0.748. The fourth-order valence-electron chi connectivity index (χ4n) is 2.65. The van der Waals surface area contributed by atoms with E-state index < -0.39 is 11.5 Å². The molecule has 1 N–H and O–H groups in total. The minimum absolute atomic E-state index is 0.0387. The Morgan fingerprint density at radius 1 is 1.35 bits per heavy atom. The van der Waals surface area contributed by atoms with Crippen LogP contribution in [0.3, 0.4) is 0 Å². The zero-order valence-corrected chi connectivity index (χ0v) is 10.4. The first kappa shape index (κ1) is 13.7. The molecule has 96 valence electrons. The van der Waals surface area contributed by atoms with Crippen molar-refractivity contribution in [3.05, 3.63) is 12.7 Å². The van der Waals surface area contributed by atoms with E-state index in [0.717, 1.165) is 32.1 Å². The molecule has 4 nitrogen and oxygen atoms in total. The second kappa shape index (κ2) is 5.84. The Bertz CT molecular complexity index is 306. The van der Waals surface area contributed by atoms with Crippen molar-refractivity contribution in [3.63, 3.8) is 0 Å². The Labute approximate surface area is 102 Å². The van der Waals surface area contributed by atoms with Crippen molar-refractivity contribution in [2.75, 3.05) is 7.05 Å². The first-order valence-electron chi connectivity index (χ1n) is 6.11. The van der Waals surface area contributed by atoms with Crippen molar-refractivity contribution >= 4 is 11.9 Å². The average Bonchev–Trinajstić information content (AvgIpc) is 2.28. The molecule has 1 aliphatic rings. The minimum Gasteiger partial charge on any atom is -0.481 e. The molecular weight excluding hydrogens is 218 g/mol. The number of nitrogens with zero attached hydrogens (tertiary/aromatic N) is 1. The first-order chi connectivity index (χ1) is 8.02. The van der Waals surface area contributed by atoms with Crippen LogP contribution in [0, 0.1) is 0 Å². The molecule has 0 radical (unpaired) electrons. The first-order valence-corrected chi connectivity index (χ1v) is 6.11. The molecule has 1 amide bonds. The van der Waals surface area contributed by atoms with Crippen LogP contribution in [-0.2, 0) is 9.59 Å². The summed E-state index contributed by atoms with van der Waals surface area (Å²) in [6.45, 7) is 3.55. The lowest BCUT2D eigenvalue weighted by molar-refractivity contribution is -0.145. The fraction of sp³-hybridized carbons (Fsp3) is 0.692. The molecule has 0 aromatic rings. The van der Waals surface area contributed by atoms with Crippen molar-refractivity contribution in [2.45, 2.75) is 50.5 Å². The van der Waals surface area contributed by atoms with E-state index >= 15 is 0 Å². The van der Waals surface area contributed by atoms with E-state index in [4.69, 9.17) is 5.11 Å². The molecule has 0 saturated heterocycles. The summed E-state index contributed by atoms with van der Waals surface area (Å²) in [4.78, 5) is 24.5. The molecule has 0 aromatic heterocycles. The number of amides is 1. The van der Waals surface area contributed by atoms with Gasteiger partial charge in [-0.05, 0) is 12.8 Å². The van der Waals surface area contributed by atoms with Crippen molar-refractivity contribution in [1.82, 2.24) is 4.90 Å². The molecule has 0 unspecified atom stereocenters. The molecule has 0 spiro atoms. The van der Waals surface area contributed by atoms with Crippen molar-refractivity contribution in [3.8, 4) is 0 Å². The summed E-state index contributed by atoms with van der Waals surface area (Å²) < 4.78 is 0. The second-order valence-corrected chi connectivity index (χ2v) is 4.80. The number of carbonyl (C=O) groups excluding carboxylic acids is 1. The summed E-state index contributed by atoms with van der Waals surface area (Å²) in [7, 11) is 1.72. The van der Waals surface area contributed by atoms with Gasteiger partial charge in [-0.15, -0.1) is 6.58 Å². The molecule has 1 fully saturated rings. The molecule has 0 heterocycles. The van der Waals surface area contributed by atoms with Gasteiger partial charge in [0.05, 0.1) is 12.0 Å². The zero-order chi connectivity index (χ0) is 12.9. The van der Waals surface area contributed by atoms with Gasteiger partial charge in [0.2, 0.25) is 5.91 Å². The highest BCUT2D eigenvalue weighted by Crippen LogP contribution is 2.36. The van der Waals surface area contributed by atoms with Gasteiger partial charge in [-0.2, -0.15) is 0 Å². The topological polar surface area (TPSA) is 57.6 Å². The molecule has 4 heteroatoms. The van der Waals surface area contributed by atoms with Gasteiger partial charge in [0.15, 0.2) is 0 Å². The van der Waals surface area contributed by atoms with Gasteiger partial charge in [0.1, 0.15) is 0 Å². The van der Waals surface area contributed by atoms with Crippen molar-refractivity contribution < 1.29 is 14.7 Å². The Morgan fingerprint density at radius 2 is 1.94 bits per heavy atom. The molecule has 0 atom stereocenters. The fourth-order valence-corrected chi connectivity index (χ4v) is 2.65. The highest BCUT2D eigenvalue weighted by Gasteiger charge is 2.39. The summed E-state index contributed by atoms with van der Waals surface area (Å²) in [6, 6.07) is 0. The van der Waals surface area contributed by atoms with E-state index in [9.17, 15) is 9.59 Å². The lowest BCUT2D eigenvalue weighted by Gasteiger charge is -2.43. The SMILES string of the molecule is C=CCC(=O)N(C)C1(CC(=O)O)CCCCC1. The van der Waals surface area contributed by atoms with Crippen LogP contribution >= 0.6 is 0 Å². The Hall–Kier alpha value is -1.32. The predicted octanol–water partition coefficient (Wildman–Crippen LogP) is 2.20. The molecule has 0 aromatic carbocycles. The number of hydrogen-bond donors (Lipinski definition) is 1. The molecule has 17 heavy (non-hydrogen) atoms. The van der Waals surface area contributed by atoms with E-state index in [-0.39, 0.29) is 18.7 Å². The lowest BCUT2D eigenvalue weighted by atomic mass is 9.78. The van der Waals surface area contributed by atoms with Gasteiger partial charge < -0.3 is 10.0 Å². The maximum atomic E-state index is 11.9. The number of hydrogen-bond acceptors (Lipinski definition) is 2. The predicted molar refractivity (Wildman–Crippen MR) is 65.7 cm³/mol. The van der Waals surface area contributed by atoms with Gasteiger partial charge in [-0.1, -0.05) is 25.3 Å². The lowest BCUT2D eigenvalue weighted by Crippen LogP contribution is -2.52. The average molecular weight is 239 g/mol. The Morgan fingerprint density at radius 3 is 2.41 bits per heavy atom. The van der Waals surface area contributed by atoms with E-state index in [1.165, 1.54) is 0 Å². The van der Waals surface area contributed by atoms with E-state index in [0.29, 0.717) is 0 Å². The van der Waals surface area contributed by atoms with Crippen LogP contribution in [0.2, 0.25) is 0 Å². The molecule has 0 aliphatic heterocycles. The maximum absolute atomic E-state index is 11.9. The van der Waals surface area contributed by atoms with Crippen LogP contribution in [0.5, 0.6) is 0 Å². The van der Waals surface area contributed by atoms with Crippen LogP contribution in [0.25, 0.3) is 0 Å². The van der Waals surface area contributed by atoms with Crippen LogP contribution in [0.1, 0.15) is 44.9 Å². The third-order valence-corrected chi connectivity index (χ3v) is 3.67. The molecule has 1 saturated carbocycles. The second-order valence-electron chi connectivity index (χ2n) is 4.80.